The smallest absolute Gasteiger partial charge is 0.319 e. The Morgan fingerprint density at radius 1 is 1.24 bits per heavy atom. The van der Waals surface area contributed by atoms with Gasteiger partial charge in [0.2, 0.25) is 0 Å². The van der Waals surface area contributed by atoms with Gasteiger partial charge in [-0.2, -0.15) is 0 Å². The number of urea groups is 1. The maximum atomic E-state index is 12.0. The van der Waals surface area contributed by atoms with Crippen molar-refractivity contribution in [3.05, 3.63) is 23.8 Å². The van der Waals surface area contributed by atoms with E-state index in [-0.39, 0.29) is 6.03 Å². The first-order chi connectivity index (χ1) is 12.1. The molecule has 0 bridgehead atoms. The quantitative estimate of drug-likeness (QED) is 0.535. The van der Waals surface area contributed by atoms with Crippen LogP contribution in [0.1, 0.15) is 51.5 Å². The lowest BCUT2D eigenvalue weighted by atomic mass is 10.0. The minimum absolute atomic E-state index is 0.224. The zero-order valence-corrected chi connectivity index (χ0v) is 16.2. The number of hydrogen-bond donors (Lipinski definition) is 2. The van der Waals surface area contributed by atoms with Crippen LogP contribution >= 0.6 is 0 Å². The van der Waals surface area contributed by atoms with Crippen molar-refractivity contribution in [2.24, 2.45) is 5.92 Å². The molecule has 1 aromatic rings. The molecule has 2 amide bonds. The van der Waals surface area contributed by atoms with Crippen LogP contribution in [0.4, 0.5) is 10.5 Å². The second-order valence-electron chi connectivity index (χ2n) is 6.43. The maximum absolute atomic E-state index is 12.0. The summed E-state index contributed by atoms with van der Waals surface area (Å²) in [6.07, 6.45) is 5.72. The SMILES string of the molecule is CCCCC(CC)COCCCNC(=O)Nc1cc(C)ccc1OC. The minimum Gasteiger partial charge on any atom is -0.495 e. The molecular weight excluding hydrogens is 316 g/mol. The van der Waals surface area contributed by atoms with Crippen LogP contribution in [0.15, 0.2) is 18.2 Å². The average molecular weight is 351 g/mol. The molecule has 142 valence electrons. The van der Waals surface area contributed by atoms with Crippen LogP contribution in [0.5, 0.6) is 5.75 Å². The minimum atomic E-state index is -0.224. The number of ether oxygens (including phenoxy) is 2. The summed E-state index contributed by atoms with van der Waals surface area (Å²) < 4.78 is 11.0. The predicted molar refractivity (Wildman–Crippen MR) is 103 cm³/mol. The van der Waals surface area contributed by atoms with E-state index in [0.717, 1.165) is 18.6 Å². The van der Waals surface area contributed by atoms with E-state index in [2.05, 4.69) is 24.5 Å². The Hall–Kier alpha value is -1.75. The number of benzene rings is 1. The Morgan fingerprint density at radius 2 is 2.04 bits per heavy atom. The van der Waals surface area contributed by atoms with Gasteiger partial charge in [0.15, 0.2) is 0 Å². The highest BCUT2D eigenvalue weighted by molar-refractivity contribution is 5.91. The number of aryl methyl sites for hydroxylation is 1. The molecule has 0 aliphatic heterocycles. The molecule has 1 atom stereocenters. The predicted octanol–water partition coefficient (Wildman–Crippen LogP) is 4.75. The van der Waals surface area contributed by atoms with Gasteiger partial charge in [0.25, 0.3) is 0 Å². The van der Waals surface area contributed by atoms with Gasteiger partial charge in [-0.05, 0) is 43.4 Å². The molecule has 0 aromatic heterocycles. The van der Waals surface area contributed by atoms with Crippen molar-refractivity contribution in [1.82, 2.24) is 5.32 Å². The first-order valence-corrected chi connectivity index (χ1v) is 9.37. The molecule has 5 nitrogen and oxygen atoms in total. The van der Waals surface area contributed by atoms with E-state index in [1.165, 1.54) is 25.7 Å². The van der Waals surface area contributed by atoms with Crippen molar-refractivity contribution in [2.45, 2.75) is 52.9 Å². The number of nitrogens with one attached hydrogen (secondary N) is 2. The highest BCUT2D eigenvalue weighted by Gasteiger charge is 2.08. The average Bonchev–Trinajstić information content (AvgIpc) is 2.60. The summed E-state index contributed by atoms with van der Waals surface area (Å²) in [7, 11) is 1.59. The topological polar surface area (TPSA) is 59.6 Å². The summed E-state index contributed by atoms with van der Waals surface area (Å²) in [5.41, 5.74) is 1.75. The third-order valence-electron chi connectivity index (χ3n) is 4.25. The molecule has 25 heavy (non-hydrogen) atoms. The maximum Gasteiger partial charge on any atom is 0.319 e. The molecule has 0 saturated heterocycles. The molecule has 5 heteroatoms. The van der Waals surface area contributed by atoms with Crippen LogP contribution < -0.4 is 15.4 Å². The second-order valence-corrected chi connectivity index (χ2v) is 6.43. The standard InChI is InChI=1S/C20H34N2O3/c1-5-7-9-17(6-2)15-25-13-8-12-21-20(23)22-18-14-16(3)10-11-19(18)24-4/h10-11,14,17H,5-9,12-13,15H2,1-4H3,(H2,21,22,23). The normalized spacial score (nSPS) is 11.8. The number of methoxy groups -OCH3 is 1. The van der Waals surface area contributed by atoms with E-state index in [4.69, 9.17) is 9.47 Å². The van der Waals surface area contributed by atoms with Crippen LogP contribution in [-0.4, -0.2) is 32.9 Å². The molecule has 1 rings (SSSR count). The third-order valence-corrected chi connectivity index (χ3v) is 4.25. The van der Waals surface area contributed by atoms with Crippen LogP contribution in [0.2, 0.25) is 0 Å². The fourth-order valence-corrected chi connectivity index (χ4v) is 2.61. The van der Waals surface area contributed by atoms with Crippen molar-refractivity contribution in [3.8, 4) is 5.75 Å². The van der Waals surface area contributed by atoms with E-state index < -0.39 is 0 Å². The highest BCUT2D eigenvalue weighted by atomic mass is 16.5. The van der Waals surface area contributed by atoms with Gasteiger partial charge < -0.3 is 20.1 Å². The van der Waals surface area contributed by atoms with E-state index in [0.29, 0.717) is 30.5 Å². The number of anilines is 1. The lowest BCUT2D eigenvalue weighted by Gasteiger charge is -2.15. The summed E-state index contributed by atoms with van der Waals surface area (Å²) in [6.45, 7) is 8.50. The zero-order chi connectivity index (χ0) is 18.5. The molecule has 0 fully saturated rings. The van der Waals surface area contributed by atoms with Crippen molar-refractivity contribution < 1.29 is 14.3 Å². The highest BCUT2D eigenvalue weighted by Crippen LogP contribution is 2.24. The second kappa shape index (κ2) is 12.6. The number of carbonyl (C=O) groups excluding carboxylic acids is 1. The summed E-state index contributed by atoms with van der Waals surface area (Å²) in [6, 6.07) is 5.46. The summed E-state index contributed by atoms with van der Waals surface area (Å²) in [5, 5.41) is 5.68. The lowest BCUT2D eigenvalue weighted by Crippen LogP contribution is -2.30. The summed E-state index contributed by atoms with van der Waals surface area (Å²) in [5.74, 6) is 1.31. The molecule has 0 aliphatic rings. The van der Waals surface area contributed by atoms with Crippen molar-refractivity contribution in [3.63, 3.8) is 0 Å². The molecule has 0 radical (unpaired) electrons. The summed E-state index contributed by atoms with van der Waals surface area (Å²) >= 11 is 0. The fraction of sp³-hybridized carbons (Fsp3) is 0.650. The lowest BCUT2D eigenvalue weighted by molar-refractivity contribution is 0.0925. The van der Waals surface area contributed by atoms with Crippen LogP contribution in [0.25, 0.3) is 0 Å². The van der Waals surface area contributed by atoms with Crippen molar-refractivity contribution in [2.75, 3.05) is 32.2 Å². The number of amides is 2. The Kier molecular flexibility index (Phi) is 10.7. The van der Waals surface area contributed by atoms with Gasteiger partial charge in [-0.15, -0.1) is 0 Å². The Labute approximate surface area is 152 Å². The molecule has 1 aromatic carbocycles. The van der Waals surface area contributed by atoms with Crippen LogP contribution in [0.3, 0.4) is 0 Å². The van der Waals surface area contributed by atoms with Crippen molar-refractivity contribution >= 4 is 11.7 Å². The van der Waals surface area contributed by atoms with Crippen LogP contribution in [0, 0.1) is 12.8 Å². The molecule has 0 spiro atoms. The Morgan fingerprint density at radius 3 is 2.72 bits per heavy atom. The number of hydrogen-bond acceptors (Lipinski definition) is 3. The number of carbonyl (C=O) groups is 1. The van der Waals surface area contributed by atoms with Gasteiger partial charge in [-0.25, -0.2) is 4.79 Å². The Balaban J connectivity index is 2.20. The third kappa shape index (κ3) is 8.77. The first-order valence-electron chi connectivity index (χ1n) is 9.37. The molecule has 0 heterocycles. The van der Waals surface area contributed by atoms with E-state index in [9.17, 15) is 4.79 Å². The van der Waals surface area contributed by atoms with E-state index >= 15 is 0 Å². The summed E-state index contributed by atoms with van der Waals surface area (Å²) in [4.78, 5) is 12.0. The number of unbranched alkanes of at least 4 members (excludes halogenated alkanes) is 1. The monoisotopic (exact) mass is 350 g/mol. The zero-order valence-electron chi connectivity index (χ0n) is 16.2. The van der Waals surface area contributed by atoms with E-state index in [1.807, 2.05) is 25.1 Å². The molecule has 1 unspecified atom stereocenters. The Bertz CT molecular complexity index is 506. The van der Waals surface area contributed by atoms with Gasteiger partial charge in [0, 0.05) is 19.8 Å². The number of rotatable bonds is 12. The van der Waals surface area contributed by atoms with E-state index in [1.54, 1.807) is 7.11 Å². The fourth-order valence-electron chi connectivity index (χ4n) is 2.61. The molecule has 0 aliphatic carbocycles. The molecular formula is C20H34N2O3. The largest absolute Gasteiger partial charge is 0.495 e. The molecule has 2 N–H and O–H groups in total. The first kappa shape index (κ1) is 21.3. The molecule has 0 saturated carbocycles. The van der Waals surface area contributed by atoms with Gasteiger partial charge in [0.1, 0.15) is 5.75 Å². The van der Waals surface area contributed by atoms with Gasteiger partial charge >= 0.3 is 6.03 Å². The van der Waals surface area contributed by atoms with Gasteiger partial charge in [-0.3, -0.25) is 0 Å². The van der Waals surface area contributed by atoms with Gasteiger partial charge in [0.05, 0.1) is 12.8 Å². The van der Waals surface area contributed by atoms with Crippen molar-refractivity contribution in [1.29, 1.82) is 0 Å². The van der Waals surface area contributed by atoms with Crippen LogP contribution in [-0.2, 0) is 4.74 Å². The van der Waals surface area contributed by atoms with Gasteiger partial charge in [-0.1, -0.05) is 39.2 Å².